The molecule has 0 saturated carbocycles. The van der Waals surface area contributed by atoms with Crippen LogP contribution in [0.15, 0.2) is 63.8 Å². The summed E-state index contributed by atoms with van der Waals surface area (Å²) in [6, 6.07) is 17.5. The highest BCUT2D eigenvalue weighted by molar-refractivity contribution is 6.03. The number of aryl methyl sites for hydroxylation is 1. The van der Waals surface area contributed by atoms with Crippen LogP contribution in [0.3, 0.4) is 0 Å². The summed E-state index contributed by atoms with van der Waals surface area (Å²) in [6.07, 6.45) is 1.36. The summed E-state index contributed by atoms with van der Waals surface area (Å²) in [5.41, 5.74) is 9.49. The SMILES string of the molecule is Cc1cc(C(=O)NCCCC#CN)ccc1-c1c2ccc(=O)cc-2oc2cc(O)ccc12. The minimum atomic E-state index is -0.159. The third-order valence-corrected chi connectivity index (χ3v) is 5.30. The number of aromatic hydroxyl groups is 1. The summed E-state index contributed by atoms with van der Waals surface area (Å²) >= 11 is 0. The molecule has 4 N–H and O–H groups in total. The Morgan fingerprint density at radius 3 is 2.69 bits per heavy atom. The van der Waals surface area contributed by atoms with E-state index in [9.17, 15) is 14.7 Å². The molecule has 4 rings (SSSR count). The van der Waals surface area contributed by atoms with Crippen molar-refractivity contribution in [2.24, 2.45) is 5.73 Å². The minimum Gasteiger partial charge on any atom is -0.508 e. The summed E-state index contributed by atoms with van der Waals surface area (Å²) in [7, 11) is 0. The van der Waals surface area contributed by atoms with Crippen LogP contribution in [0, 0.1) is 18.9 Å². The van der Waals surface area contributed by atoms with Crippen molar-refractivity contribution < 1.29 is 14.3 Å². The molecule has 1 heterocycles. The predicted octanol–water partition coefficient (Wildman–Crippen LogP) is 4.01. The Kier molecular flexibility index (Phi) is 5.82. The van der Waals surface area contributed by atoms with Gasteiger partial charge in [0.2, 0.25) is 0 Å². The normalized spacial score (nSPS) is 10.7. The molecule has 6 heteroatoms. The molecule has 0 atom stereocenters. The van der Waals surface area contributed by atoms with Gasteiger partial charge in [-0.15, -0.1) is 0 Å². The van der Waals surface area contributed by atoms with Gasteiger partial charge in [-0.25, -0.2) is 0 Å². The monoisotopic (exact) mass is 426 g/mol. The van der Waals surface area contributed by atoms with E-state index in [0.717, 1.165) is 34.1 Å². The molecule has 1 aliphatic heterocycles. The van der Waals surface area contributed by atoms with Crippen molar-refractivity contribution in [2.45, 2.75) is 19.8 Å². The maximum absolute atomic E-state index is 12.5. The van der Waals surface area contributed by atoms with E-state index >= 15 is 0 Å². The maximum Gasteiger partial charge on any atom is 0.251 e. The second-order valence-corrected chi connectivity index (χ2v) is 7.53. The quantitative estimate of drug-likeness (QED) is 0.194. The first-order valence-electron chi connectivity index (χ1n) is 10.2. The van der Waals surface area contributed by atoms with Crippen LogP contribution in [-0.2, 0) is 0 Å². The highest BCUT2D eigenvalue weighted by Gasteiger charge is 2.19. The zero-order valence-corrected chi connectivity index (χ0v) is 17.6. The zero-order chi connectivity index (χ0) is 22.7. The molecule has 32 heavy (non-hydrogen) atoms. The third-order valence-electron chi connectivity index (χ3n) is 5.30. The lowest BCUT2D eigenvalue weighted by Gasteiger charge is -2.17. The molecule has 0 spiro atoms. The summed E-state index contributed by atoms with van der Waals surface area (Å²) < 4.78 is 5.90. The number of phenols is 1. The first-order chi connectivity index (χ1) is 15.5. The minimum absolute atomic E-state index is 0.0750. The van der Waals surface area contributed by atoms with E-state index < -0.39 is 0 Å². The first-order valence-corrected chi connectivity index (χ1v) is 10.2. The van der Waals surface area contributed by atoms with E-state index in [1.807, 2.05) is 19.1 Å². The van der Waals surface area contributed by atoms with Gasteiger partial charge in [0.25, 0.3) is 5.91 Å². The van der Waals surface area contributed by atoms with E-state index in [-0.39, 0.29) is 17.1 Å². The average molecular weight is 426 g/mol. The molecule has 0 saturated heterocycles. The number of nitrogens with one attached hydrogen (secondary N) is 1. The van der Waals surface area contributed by atoms with Crippen LogP contribution in [0.25, 0.3) is 33.4 Å². The fraction of sp³-hybridized carbons (Fsp3) is 0.154. The second kappa shape index (κ2) is 8.86. The van der Waals surface area contributed by atoms with Gasteiger partial charge < -0.3 is 20.6 Å². The van der Waals surface area contributed by atoms with Gasteiger partial charge in [-0.2, -0.15) is 0 Å². The Labute approximate surface area is 185 Å². The van der Waals surface area contributed by atoms with E-state index in [2.05, 4.69) is 17.3 Å². The van der Waals surface area contributed by atoms with Crippen molar-refractivity contribution in [1.29, 1.82) is 0 Å². The van der Waals surface area contributed by atoms with Crippen molar-refractivity contribution in [3.63, 3.8) is 0 Å². The van der Waals surface area contributed by atoms with Gasteiger partial charge in [-0.1, -0.05) is 12.0 Å². The summed E-state index contributed by atoms with van der Waals surface area (Å²) in [5.74, 6) is 3.12. The Hall–Kier alpha value is -4.24. The molecular weight excluding hydrogens is 404 g/mol. The second-order valence-electron chi connectivity index (χ2n) is 7.53. The van der Waals surface area contributed by atoms with Gasteiger partial charge in [0.15, 0.2) is 5.43 Å². The number of amides is 1. The van der Waals surface area contributed by atoms with Crippen molar-refractivity contribution >= 4 is 16.9 Å². The van der Waals surface area contributed by atoms with E-state index in [4.69, 9.17) is 10.2 Å². The van der Waals surface area contributed by atoms with E-state index in [1.165, 1.54) is 18.2 Å². The van der Waals surface area contributed by atoms with Gasteiger partial charge >= 0.3 is 0 Å². The molecule has 1 aliphatic carbocycles. The number of phenolic OH excluding ortho intramolecular Hbond substituents is 1. The van der Waals surface area contributed by atoms with Crippen molar-refractivity contribution in [2.75, 3.05) is 6.54 Å². The summed E-state index contributed by atoms with van der Waals surface area (Å²) in [5, 5.41) is 13.6. The molecule has 2 aromatic rings. The molecule has 0 aromatic heterocycles. The van der Waals surface area contributed by atoms with Gasteiger partial charge in [0.1, 0.15) is 17.1 Å². The van der Waals surface area contributed by atoms with Crippen LogP contribution < -0.4 is 16.5 Å². The molecule has 0 unspecified atom stereocenters. The summed E-state index contributed by atoms with van der Waals surface area (Å²) in [6.45, 7) is 2.46. The molecule has 1 amide bonds. The van der Waals surface area contributed by atoms with Crippen molar-refractivity contribution in [1.82, 2.24) is 5.32 Å². The molecule has 6 nitrogen and oxygen atoms in total. The number of nitrogens with two attached hydrogens (primary N) is 1. The highest BCUT2D eigenvalue weighted by Crippen LogP contribution is 2.41. The standard InChI is InChI=1S/C26H22N2O4/c1-16-13-17(26(31)28-12-4-2-3-11-27)5-8-20(16)25-21-9-6-18(29)14-23(21)32-24-15-19(30)7-10-22(24)25/h5-10,13-15,29H,2,4,12,27H2,1H3,(H,28,31). The predicted molar refractivity (Wildman–Crippen MR) is 124 cm³/mol. The zero-order valence-electron chi connectivity index (χ0n) is 17.6. The number of hydrogen-bond donors (Lipinski definition) is 3. The Morgan fingerprint density at radius 2 is 1.91 bits per heavy atom. The topological polar surface area (TPSA) is 106 Å². The molecule has 0 fully saturated rings. The number of rotatable bonds is 5. The number of hydrogen-bond acceptors (Lipinski definition) is 5. The maximum atomic E-state index is 12.5. The van der Waals surface area contributed by atoms with E-state index in [0.29, 0.717) is 29.9 Å². The van der Waals surface area contributed by atoms with Crippen LogP contribution in [-0.4, -0.2) is 17.6 Å². The van der Waals surface area contributed by atoms with Crippen molar-refractivity contribution in [3.8, 4) is 40.2 Å². The van der Waals surface area contributed by atoms with Gasteiger partial charge in [-0.05, 0) is 60.9 Å². The number of fused-ring (bicyclic) bond motifs is 2. The van der Waals surface area contributed by atoms with Crippen LogP contribution in [0.2, 0.25) is 0 Å². The molecule has 2 aliphatic rings. The van der Waals surface area contributed by atoms with Gasteiger partial charge in [0, 0.05) is 53.2 Å². The lowest BCUT2D eigenvalue weighted by molar-refractivity contribution is 0.0953. The summed E-state index contributed by atoms with van der Waals surface area (Å²) in [4.78, 5) is 24.4. The van der Waals surface area contributed by atoms with Crippen LogP contribution in [0.4, 0.5) is 0 Å². The molecule has 0 radical (unpaired) electrons. The van der Waals surface area contributed by atoms with Gasteiger partial charge in [0.05, 0.1) is 0 Å². The molecule has 160 valence electrons. The Balaban J connectivity index is 1.76. The number of carbonyl (C=O) groups is 1. The molecular formula is C26H22N2O4. The fourth-order valence-electron chi connectivity index (χ4n) is 3.79. The highest BCUT2D eigenvalue weighted by atomic mass is 16.3. The molecule has 0 bridgehead atoms. The Bertz CT molecular complexity index is 1410. The smallest absolute Gasteiger partial charge is 0.251 e. The fourth-order valence-corrected chi connectivity index (χ4v) is 3.79. The lowest BCUT2D eigenvalue weighted by Crippen LogP contribution is -2.24. The number of unbranched alkanes of at least 4 members (excludes halogenated alkanes) is 1. The lowest BCUT2D eigenvalue weighted by atomic mass is 9.90. The first kappa shape index (κ1) is 21.0. The largest absolute Gasteiger partial charge is 0.508 e. The van der Waals surface area contributed by atoms with Crippen LogP contribution in [0.5, 0.6) is 5.75 Å². The van der Waals surface area contributed by atoms with Crippen LogP contribution in [0.1, 0.15) is 28.8 Å². The number of benzene rings is 3. The van der Waals surface area contributed by atoms with Crippen LogP contribution >= 0.6 is 0 Å². The Morgan fingerprint density at radius 1 is 1.09 bits per heavy atom. The van der Waals surface area contributed by atoms with Crippen molar-refractivity contribution in [3.05, 3.63) is 75.9 Å². The third kappa shape index (κ3) is 4.14. The van der Waals surface area contributed by atoms with E-state index in [1.54, 1.807) is 24.3 Å². The molecule has 2 aromatic carbocycles. The number of carbonyl (C=O) groups excluding carboxylic acids is 1. The van der Waals surface area contributed by atoms with Gasteiger partial charge in [-0.3, -0.25) is 9.59 Å². The average Bonchev–Trinajstić information content (AvgIpc) is 2.77.